The highest BCUT2D eigenvalue weighted by Gasteiger charge is 2.26. The third-order valence-electron chi connectivity index (χ3n) is 2.75. The smallest absolute Gasteiger partial charge is 0.354 e. The lowest BCUT2D eigenvalue weighted by atomic mass is 10.1. The van der Waals surface area contributed by atoms with Crippen molar-refractivity contribution >= 4 is 11.9 Å². The van der Waals surface area contributed by atoms with Gasteiger partial charge in [0.25, 0.3) is 0 Å². The molecule has 0 saturated carbocycles. The zero-order valence-corrected chi connectivity index (χ0v) is 12.9. The largest absolute Gasteiger partial charge is 0.466 e. The van der Waals surface area contributed by atoms with E-state index in [1.165, 1.54) is 14.2 Å². The summed E-state index contributed by atoms with van der Waals surface area (Å²) in [6, 6.07) is 0. The fourth-order valence-electron chi connectivity index (χ4n) is 1.96. The number of esters is 2. The van der Waals surface area contributed by atoms with E-state index in [0.29, 0.717) is 13.1 Å². The maximum atomic E-state index is 12.1. The van der Waals surface area contributed by atoms with Gasteiger partial charge in [-0.25, -0.2) is 9.59 Å². The Morgan fingerprint density at radius 3 is 1.90 bits per heavy atom. The molecule has 0 rings (SSSR count). The molecule has 5 heteroatoms. The highest BCUT2D eigenvalue weighted by atomic mass is 16.5. The minimum Gasteiger partial charge on any atom is -0.466 e. The van der Waals surface area contributed by atoms with Gasteiger partial charge in [-0.2, -0.15) is 0 Å². The fraction of sp³-hybridized carbons (Fsp3) is 0.600. The van der Waals surface area contributed by atoms with Crippen LogP contribution in [0.15, 0.2) is 23.9 Å². The van der Waals surface area contributed by atoms with Crippen LogP contribution in [0.25, 0.3) is 0 Å². The van der Waals surface area contributed by atoms with Gasteiger partial charge in [0.05, 0.1) is 19.8 Å². The molecule has 0 amide bonds. The van der Waals surface area contributed by atoms with Gasteiger partial charge in [-0.15, -0.1) is 6.58 Å². The number of ether oxygens (including phenoxy) is 2. The van der Waals surface area contributed by atoms with E-state index in [9.17, 15) is 9.59 Å². The van der Waals surface area contributed by atoms with Gasteiger partial charge >= 0.3 is 11.9 Å². The van der Waals surface area contributed by atoms with Crippen molar-refractivity contribution in [3.8, 4) is 0 Å². The van der Waals surface area contributed by atoms with Crippen LogP contribution in [0.5, 0.6) is 0 Å². The Balaban J connectivity index is 5.81. The van der Waals surface area contributed by atoms with Crippen molar-refractivity contribution in [1.29, 1.82) is 0 Å². The number of carbonyl (C=O) groups is 2. The molecule has 0 aliphatic carbocycles. The number of hydrogen-bond acceptors (Lipinski definition) is 5. The Morgan fingerprint density at radius 2 is 1.55 bits per heavy atom. The van der Waals surface area contributed by atoms with Crippen molar-refractivity contribution in [1.82, 2.24) is 4.90 Å². The Bertz CT molecular complexity index is 368. The van der Waals surface area contributed by atoms with E-state index in [0.717, 1.165) is 12.8 Å². The molecule has 0 heterocycles. The van der Waals surface area contributed by atoms with E-state index in [1.807, 2.05) is 18.7 Å². The van der Waals surface area contributed by atoms with E-state index in [2.05, 4.69) is 6.58 Å². The van der Waals surface area contributed by atoms with Crippen LogP contribution in [-0.2, 0) is 19.1 Å². The zero-order valence-electron chi connectivity index (χ0n) is 12.9. The summed E-state index contributed by atoms with van der Waals surface area (Å²) in [5.74, 6) is -1.04. The van der Waals surface area contributed by atoms with E-state index in [4.69, 9.17) is 9.47 Å². The average molecular weight is 283 g/mol. The van der Waals surface area contributed by atoms with Gasteiger partial charge in [0.2, 0.25) is 0 Å². The van der Waals surface area contributed by atoms with Gasteiger partial charge in [0.15, 0.2) is 0 Å². The molecule has 5 nitrogen and oxygen atoms in total. The van der Waals surface area contributed by atoms with Crippen LogP contribution < -0.4 is 0 Å². The first kappa shape index (κ1) is 18.2. The van der Waals surface area contributed by atoms with Crippen molar-refractivity contribution in [2.24, 2.45) is 0 Å². The van der Waals surface area contributed by atoms with Crippen LogP contribution in [0.1, 0.15) is 33.1 Å². The molecule has 0 aromatic heterocycles. The van der Waals surface area contributed by atoms with E-state index in [-0.39, 0.29) is 17.7 Å². The molecule has 0 aromatic rings. The molecule has 0 N–H and O–H groups in total. The Hall–Kier alpha value is -1.78. The van der Waals surface area contributed by atoms with Gasteiger partial charge in [-0.3, -0.25) is 0 Å². The molecule has 0 aromatic carbocycles. The zero-order chi connectivity index (χ0) is 15.5. The number of hydrogen-bond donors (Lipinski definition) is 0. The molecular formula is C15H25NO4. The van der Waals surface area contributed by atoms with Crippen molar-refractivity contribution in [2.75, 3.05) is 27.3 Å². The van der Waals surface area contributed by atoms with Crippen molar-refractivity contribution in [3.05, 3.63) is 23.9 Å². The van der Waals surface area contributed by atoms with Crippen LogP contribution in [0, 0.1) is 0 Å². The predicted molar refractivity (Wildman–Crippen MR) is 78.0 cm³/mol. The predicted octanol–water partition coefficient (Wildman–Crippen LogP) is 2.28. The van der Waals surface area contributed by atoms with Crippen LogP contribution in [0.4, 0.5) is 0 Å². The lowest BCUT2D eigenvalue weighted by Gasteiger charge is -2.26. The number of rotatable bonds is 9. The Labute approximate surface area is 121 Å². The molecule has 0 aliphatic rings. The number of nitrogens with zero attached hydrogens (tertiary/aromatic N) is 1. The summed E-state index contributed by atoms with van der Waals surface area (Å²) in [6.45, 7) is 9.01. The second kappa shape index (κ2) is 10.1. The highest BCUT2D eigenvalue weighted by molar-refractivity contribution is 6.00. The second-order valence-electron chi connectivity index (χ2n) is 4.29. The third-order valence-corrected chi connectivity index (χ3v) is 2.75. The molecule has 0 bridgehead atoms. The SMILES string of the molecule is C=CCC(C(=O)OC)=C(C(=O)OC)N(CCC)CCC. The number of carbonyl (C=O) groups excluding carboxylic acids is 2. The van der Waals surface area contributed by atoms with Gasteiger partial charge < -0.3 is 14.4 Å². The maximum Gasteiger partial charge on any atom is 0.354 e. The lowest BCUT2D eigenvalue weighted by molar-refractivity contribution is -0.141. The molecule has 0 aliphatic heterocycles. The third kappa shape index (κ3) is 5.07. The summed E-state index contributed by atoms with van der Waals surface area (Å²) in [4.78, 5) is 25.9. The molecule has 0 saturated heterocycles. The van der Waals surface area contributed by atoms with Gasteiger partial charge in [-0.1, -0.05) is 19.9 Å². The van der Waals surface area contributed by atoms with Crippen LogP contribution in [-0.4, -0.2) is 44.1 Å². The molecule has 0 radical (unpaired) electrons. The minimum atomic E-state index is -0.525. The Morgan fingerprint density at radius 1 is 1.05 bits per heavy atom. The van der Waals surface area contributed by atoms with Crippen molar-refractivity contribution in [2.45, 2.75) is 33.1 Å². The van der Waals surface area contributed by atoms with Gasteiger partial charge in [0, 0.05) is 13.1 Å². The summed E-state index contributed by atoms with van der Waals surface area (Å²) in [6.07, 6.45) is 3.57. The highest BCUT2D eigenvalue weighted by Crippen LogP contribution is 2.18. The first-order valence-corrected chi connectivity index (χ1v) is 6.82. The summed E-state index contributed by atoms with van der Waals surface area (Å²) in [7, 11) is 2.60. The standard InChI is InChI=1S/C15H25NO4/c1-6-9-12(14(17)19-4)13(15(18)20-5)16(10-7-2)11-8-3/h6H,1,7-11H2,2-5H3. The first-order valence-electron chi connectivity index (χ1n) is 6.82. The quantitative estimate of drug-likeness (QED) is 0.369. The second-order valence-corrected chi connectivity index (χ2v) is 4.29. The lowest BCUT2D eigenvalue weighted by Crippen LogP contribution is -2.33. The van der Waals surface area contributed by atoms with E-state index >= 15 is 0 Å². The number of methoxy groups -OCH3 is 2. The number of allylic oxidation sites excluding steroid dienone is 1. The molecule has 0 atom stereocenters. The average Bonchev–Trinajstić information content (AvgIpc) is 2.45. The summed E-state index contributed by atoms with van der Waals surface area (Å²) in [5, 5.41) is 0. The molecule has 0 unspecified atom stereocenters. The van der Waals surface area contributed by atoms with Crippen LogP contribution >= 0.6 is 0 Å². The van der Waals surface area contributed by atoms with Gasteiger partial charge in [-0.05, 0) is 19.3 Å². The fourth-order valence-corrected chi connectivity index (χ4v) is 1.96. The van der Waals surface area contributed by atoms with Crippen LogP contribution in [0.3, 0.4) is 0 Å². The first-order chi connectivity index (χ1) is 9.56. The molecule has 20 heavy (non-hydrogen) atoms. The Kier molecular flexibility index (Phi) is 9.17. The summed E-state index contributed by atoms with van der Waals surface area (Å²) in [5.41, 5.74) is 0.569. The molecule has 0 fully saturated rings. The maximum absolute atomic E-state index is 12.1. The monoisotopic (exact) mass is 283 g/mol. The van der Waals surface area contributed by atoms with E-state index in [1.54, 1.807) is 6.08 Å². The van der Waals surface area contributed by atoms with Crippen molar-refractivity contribution < 1.29 is 19.1 Å². The van der Waals surface area contributed by atoms with Crippen molar-refractivity contribution in [3.63, 3.8) is 0 Å². The minimum absolute atomic E-state index is 0.265. The normalized spacial score (nSPS) is 11.4. The van der Waals surface area contributed by atoms with E-state index < -0.39 is 11.9 Å². The summed E-state index contributed by atoms with van der Waals surface area (Å²) >= 11 is 0. The molecule has 0 spiro atoms. The molecule has 114 valence electrons. The molecular weight excluding hydrogens is 258 g/mol. The van der Waals surface area contributed by atoms with Gasteiger partial charge in [0.1, 0.15) is 5.70 Å². The summed E-state index contributed by atoms with van der Waals surface area (Å²) < 4.78 is 9.60. The van der Waals surface area contributed by atoms with Crippen LogP contribution in [0.2, 0.25) is 0 Å². The topological polar surface area (TPSA) is 55.8 Å².